The molecular weight excluding hydrogens is 430 g/mol. The van der Waals surface area contributed by atoms with Gasteiger partial charge in [0.15, 0.2) is 5.58 Å². The molecule has 7 nitrogen and oxygen atoms in total. The number of nitrogens with one attached hydrogen (secondary N) is 1. The van der Waals surface area contributed by atoms with Crippen LogP contribution in [0.4, 0.5) is 17.4 Å². The first-order chi connectivity index (χ1) is 16.4. The van der Waals surface area contributed by atoms with Gasteiger partial charge in [0.25, 0.3) is 6.01 Å². The fraction of sp³-hybridized carbons (Fsp3) is 0.481. The molecule has 1 fully saturated rings. The smallest absolute Gasteiger partial charge is 0.306 e. The molecule has 0 radical (unpaired) electrons. The molecule has 2 aromatic carbocycles. The predicted molar refractivity (Wildman–Crippen MR) is 135 cm³/mol. The number of hydrogen-bond acceptors (Lipinski definition) is 7. The predicted octanol–water partition coefficient (Wildman–Crippen LogP) is 5.88. The van der Waals surface area contributed by atoms with Gasteiger partial charge < -0.3 is 24.1 Å². The van der Waals surface area contributed by atoms with Crippen molar-refractivity contribution in [1.29, 1.82) is 0 Å². The molecule has 0 amide bonds. The molecule has 0 saturated carbocycles. The van der Waals surface area contributed by atoms with Crippen LogP contribution >= 0.6 is 0 Å². The van der Waals surface area contributed by atoms with Crippen molar-refractivity contribution in [2.24, 2.45) is 5.92 Å². The van der Waals surface area contributed by atoms with Gasteiger partial charge in [-0.1, -0.05) is 39.0 Å². The van der Waals surface area contributed by atoms with Crippen molar-refractivity contribution in [2.45, 2.75) is 52.0 Å². The number of rotatable bonds is 9. The monoisotopic (exact) mass is 465 g/mol. The summed E-state index contributed by atoms with van der Waals surface area (Å²) in [6.45, 7) is 9.02. The molecule has 1 aromatic heterocycles. The van der Waals surface area contributed by atoms with Crippen molar-refractivity contribution in [3.8, 4) is 0 Å². The molecule has 0 aliphatic carbocycles. The summed E-state index contributed by atoms with van der Waals surface area (Å²) in [5.74, 6) is 0.305. The summed E-state index contributed by atoms with van der Waals surface area (Å²) in [5, 5.41) is 3.45. The minimum Gasteiger partial charge on any atom is -0.469 e. The Morgan fingerprint density at radius 2 is 1.94 bits per heavy atom. The average Bonchev–Trinajstić information content (AvgIpc) is 3.25. The second-order valence-electron chi connectivity index (χ2n) is 9.46. The topological polar surface area (TPSA) is 76.8 Å². The van der Waals surface area contributed by atoms with Crippen LogP contribution in [0.3, 0.4) is 0 Å². The maximum atomic E-state index is 11.9. The minimum absolute atomic E-state index is 0.0207. The van der Waals surface area contributed by atoms with Gasteiger partial charge >= 0.3 is 5.97 Å². The second kappa shape index (κ2) is 10.9. The van der Waals surface area contributed by atoms with Crippen LogP contribution in [0.2, 0.25) is 0 Å². The lowest BCUT2D eigenvalue weighted by atomic mass is 9.95. The van der Waals surface area contributed by atoms with E-state index in [0.29, 0.717) is 24.4 Å². The van der Waals surface area contributed by atoms with Gasteiger partial charge in [-0.3, -0.25) is 4.79 Å². The SMILES string of the molecule is COC(=O)CC(C)c1ccc(N(CC(C)C)C2CCOCC2)c(Nc2nc3ccccc3o2)c1. The summed E-state index contributed by atoms with van der Waals surface area (Å²) in [4.78, 5) is 19.0. The standard InChI is InChI=1S/C27H35N3O4/c1-18(2)17-30(21-11-13-33-14-12-21)24-10-9-20(19(3)15-26(31)32-4)16-23(24)29-27-28-22-7-5-6-8-25(22)34-27/h5-10,16,18-19,21H,11-15,17H2,1-4H3,(H,28,29). The number of aromatic nitrogens is 1. The fourth-order valence-electron chi connectivity index (χ4n) is 4.54. The highest BCUT2D eigenvalue weighted by Gasteiger charge is 2.26. The molecule has 1 unspecified atom stereocenters. The van der Waals surface area contributed by atoms with E-state index in [9.17, 15) is 4.79 Å². The molecule has 1 atom stereocenters. The Kier molecular flexibility index (Phi) is 7.73. The number of hydrogen-bond donors (Lipinski definition) is 1. The molecule has 7 heteroatoms. The quantitative estimate of drug-likeness (QED) is 0.395. The van der Waals surface area contributed by atoms with Crippen LogP contribution in [0, 0.1) is 5.92 Å². The maximum absolute atomic E-state index is 11.9. The van der Waals surface area contributed by atoms with E-state index in [1.807, 2.05) is 31.2 Å². The number of benzene rings is 2. The third kappa shape index (κ3) is 5.70. The van der Waals surface area contributed by atoms with Crippen LogP contribution in [0.5, 0.6) is 0 Å². The normalized spacial score (nSPS) is 15.4. The lowest BCUT2D eigenvalue weighted by Gasteiger charge is -2.38. The van der Waals surface area contributed by atoms with Gasteiger partial charge in [0.05, 0.1) is 24.9 Å². The van der Waals surface area contributed by atoms with Crippen molar-refractivity contribution in [3.63, 3.8) is 0 Å². The van der Waals surface area contributed by atoms with Crippen molar-refractivity contribution in [3.05, 3.63) is 48.0 Å². The maximum Gasteiger partial charge on any atom is 0.306 e. The Labute approximate surface area is 201 Å². The molecule has 3 aromatic rings. The summed E-state index contributed by atoms with van der Waals surface area (Å²) in [6.07, 6.45) is 2.32. The first-order valence-electron chi connectivity index (χ1n) is 12.1. The number of nitrogens with zero attached hydrogens (tertiary/aromatic N) is 2. The number of esters is 1. The largest absolute Gasteiger partial charge is 0.469 e. The Morgan fingerprint density at radius 3 is 2.65 bits per heavy atom. The molecule has 0 spiro atoms. The Morgan fingerprint density at radius 1 is 1.18 bits per heavy atom. The lowest BCUT2D eigenvalue weighted by molar-refractivity contribution is -0.140. The fourth-order valence-corrected chi connectivity index (χ4v) is 4.54. The van der Waals surface area contributed by atoms with Crippen LogP contribution in [0.15, 0.2) is 46.9 Å². The van der Waals surface area contributed by atoms with E-state index < -0.39 is 0 Å². The second-order valence-corrected chi connectivity index (χ2v) is 9.46. The van der Waals surface area contributed by atoms with Crippen molar-refractivity contribution < 1.29 is 18.7 Å². The molecule has 1 aliphatic heterocycles. The van der Waals surface area contributed by atoms with E-state index in [1.165, 1.54) is 7.11 Å². The molecule has 1 aliphatic rings. The van der Waals surface area contributed by atoms with Gasteiger partial charge in [-0.25, -0.2) is 0 Å². The summed E-state index contributed by atoms with van der Waals surface area (Å²) < 4.78 is 16.5. The van der Waals surface area contributed by atoms with E-state index in [-0.39, 0.29) is 11.9 Å². The van der Waals surface area contributed by atoms with Crippen molar-refractivity contribution in [1.82, 2.24) is 4.98 Å². The van der Waals surface area contributed by atoms with Gasteiger partial charge in [-0.15, -0.1) is 0 Å². The third-order valence-electron chi connectivity index (χ3n) is 6.33. The zero-order valence-corrected chi connectivity index (χ0v) is 20.5. The number of oxazole rings is 1. The molecule has 1 N–H and O–H groups in total. The summed E-state index contributed by atoms with van der Waals surface area (Å²) in [7, 11) is 1.43. The molecule has 0 bridgehead atoms. The average molecular weight is 466 g/mol. The van der Waals surface area contributed by atoms with Gasteiger partial charge in [0.1, 0.15) is 5.52 Å². The minimum atomic E-state index is -0.214. The van der Waals surface area contributed by atoms with E-state index in [0.717, 1.165) is 60.6 Å². The summed E-state index contributed by atoms with van der Waals surface area (Å²) in [6, 6.07) is 15.0. The number of anilines is 3. The molecular formula is C27H35N3O4. The zero-order chi connectivity index (χ0) is 24.1. The number of methoxy groups -OCH3 is 1. The molecule has 4 rings (SSSR count). The highest BCUT2D eigenvalue weighted by atomic mass is 16.5. The summed E-state index contributed by atoms with van der Waals surface area (Å²) in [5.41, 5.74) is 4.64. The van der Waals surface area contributed by atoms with Gasteiger partial charge in [-0.2, -0.15) is 4.98 Å². The number of carbonyl (C=O) groups is 1. The molecule has 182 valence electrons. The first kappa shape index (κ1) is 24.1. The number of ether oxygens (including phenoxy) is 2. The van der Waals surface area contributed by atoms with Crippen molar-refractivity contribution >= 4 is 34.5 Å². The van der Waals surface area contributed by atoms with Crippen LogP contribution in [-0.2, 0) is 14.3 Å². The number of para-hydroxylation sites is 2. The summed E-state index contributed by atoms with van der Waals surface area (Å²) >= 11 is 0. The van der Waals surface area contributed by atoms with E-state index in [4.69, 9.17) is 13.9 Å². The van der Waals surface area contributed by atoms with Crippen LogP contribution in [-0.4, -0.2) is 43.9 Å². The van der Waals surface area contributed by atoms with Crippen molar-refractivity contribution in [2.75, 3.05) is 37.1 Å². The van der Waals surface area contributed by atoms with Crippen LogP contribution in [0.25, 0.3) is 11.1 Å². The highest BCUT2D eigenvalue weighted by Crippen LogP contribution is 2.36. The van der Waals surface area contributed by atoms with E-state index >= 15 is 0 Å². The van der Waals surface area contributed by atoms with Crippen LogP contribution < -0.4 is 10.2 Å². The Hall–Kier alpha value is -3.06. The molecule has 2 heterocycles. The van der Waals surface area contributed by atoms with Gasteiger partial charge in [0.2, 0.25) is 0 Å². The van der Waals surface area contributed by atoms with Crippen LogP contribution in [0.1, 0.15) is 51.5 Å². The Balaban J connectivity index is 1.72. The van der Waals surface area contributed by atoms with E-state index in [1.54, 1.807) is 0 Å². The molecule has 34 heavy (non-hydrogen) atoms. The number of fused-ring (bicyclic) bond motifs is 1. The van der Waals surface area contributed by atoms with Gasteiger partial charge in [0, 0.05) is 25.8 Å². The number of carbonyl (C=O) groups excluding carboxylic acids is 1. The lowest BCUT2D eigenvalue weighted by Crippen LogP contribution is -2.42. The third-order valence-corrected chi connectivity index (χ3v) is 6.33. The van der Waals surface area contributed by atoms with E-state index in [2.05, 4.69) is 47.2 Å². The zero-order valence-electron chi connectivity index (χ0n) is 20.5. The van der Waals surface area contributed by atoms with Gasteiger partial charge in [-0.05, 0) is 54.5 Å². The Bertz CT molecular complexity index is 1070. The highest BCUT2D eigenvalue weighted by molar-refractivity contribution is 5.79. The molecule has 1 saturated heterocycles. The first-order valence-corrected chi connectivity index (χ1v) is 12.1.